The van der Waals surface area contributed by atoms with Crippen LogP contribution in [0.2, 0.25) is 0 Å². The topological polar surface area (TPSA) is 87.5 Å². The van der Waals surface area contributed by atoms with E-state index in [2.05, 4.69) is 10.6 Å². The van der Waals surface area contributed by atoms with Gasteiger partial charge in [0.2, 0.25) is 5.91 Å². The van der Waals surface area contributed by atoms with E-state index in [-0.39, 0.29) is 29.9 Å². The number of piperidine rings is 1. The SMILES string of the molecule is NC1CCC(C(=O)N2CCC(NC(=O)Nc3ccccc3)CC2)C1. The number of nitrogens with one attached hydrogen (secondary N) is 2. The number of anilines is 1. The smallest absolute Gasteiger partial charge is 0.319 e. The molecule has 3 rings (SSSR count). The summed E-state index contributed by atoms with van der Waals surface area (Å²) in [6.45, 7) is 1.42. The second kappa shape index (κ2) is 7.66. The van der Waals surface area contributed by atoms with Gasteiger partial charge in [-0.25, -0.2) is 4.79 Å². The molecule has 1 heterocycles. The third kappa shape index (κ3) is 4.26. The number of urea groups is 1. The van der Waals surface area contributed by atoms with Gasteiger partial charge in [-0.05, 0) is 44.2 Å². The van der Waals surface area contributed by atoms with Gasteiger partial charge in [-0.3, -0.25) is 4.79 Å². The number of nitrogens with two attached hydrogens (primary N) is 1. The molecule has 2 unspecified atom stereocenters. The van der Waals surface area contributed by atoms with Crippen molar-refractivity contribution in [3.63, 3.8) is 0 Å². The van der Waals surface area contributed by atoms with E-state index in [1.165, 1.54) is 0 Å². The number of para-hydroxylation sites is 1. The summed E-state index contributed by atoms with van der Waals surface area (Å²) in [7, 11) is 0. The Bertz CT molecular complexity index is 570. The molecule has 130 valence electrons. The van der Waals surface area contributed by atoms with Crippen molar-refractivity contribution < 1.29 is 9.59 Å². The number of nitrogens with zero attached hydrogens (tertiary/aromatic N) is 1. The van der Waals surface area contributed by atoms with Gasteiger partial charge in [0.05, 0.1) is 0 Å². The van der Waals surface area contributed by atoms with Crippen molar-refractivity contribution in [2.24, 2.45) is 11.7 Å². The molecule has 6 heteroatoms. The molecule has 0 spiro atoms. The Morgan fingerprint density at radius 1 is 1.04 bits per heavy atom. The number of rotatable bonds is 3. The largest absolute Gasteiger partial charge is 0.342 e. The molecule has 2 fully saturated rings. The molecule has 24 heavy (non-hydrogen) atoms. The molecular formula is C18H26N4O2. The van der Waals surface area contributed by atoms with Crippen LogP contribution in [0.4, 0.5) is 10.5 Å². The lowest BCUT2D eigenvalue weighted by molar-refractivity contribution is -0.136. The number of likely N-dealkylation sites (tertiary alicyclic amines) is 1. The molecule has 0 bridgehead atoms. The van der Waals surface area contributed by atoms with Crippen molar-refractivity contribution in [3.8, 4) is 0 Å². The monoisotopic (exact) mass is 330 g/mol. The minimum absolute atomic E-state index is 0.103. The fraction of sp³-hybridized carbons (Fsp3) is 0.556. The van der Waals surface area contributed by atoms with E-state index in [0.717, 1.165) is 37.8 Å². The molecule has 0 radical (unpaired) electrons. The van der Waals surface area contributed by atoms with Gasteiger partial charge in [0, 0.05) is 36.8 Å². The summed E-state index contributed by atoms with van der Waals surface area (Å²) in [5.41, 5.74) is 6.69. The molecule has 1 aliphatic heterocycles. The van der Waals surface area contributed by atoms with Gasteiger partial charge in [-0.15, -0.1) is 0 Å². The lowest BCUT2D eigenvalue weighted by Crippen LogP contribution is -2.48. The normalized spacial score (nSPS) is 24.6. The number of carbonyl (C=O) groups is 2. The molecule has 1 saturated heterocycles. The highest BCUT2D eigenvalue weighted by atomic mass is 16.2. The van der Waals surface area contributed by atoms with Crippen molar-refractivity contribution in [1.29, 1.82) is 0 Å². The van der Waals surface area contributed by atoms with Crippen LogP contribution < -0.4 is 16.4 Å². The van der Waals surface area contributed by atoms with E-state index >= 15 is 0 Å². The van der Waals surface area contributed by atoms with E-state index in [0.29, 0.717) is 13.1 Å². The summed E-state index contributed by atoms with van der Waals surface area (Å²) < 4.78 is 0. The van der Waals surface area contributed by atoms with E-state index < -0.39 is 0 Å². The lowest BCUT2D eigenvalue weighted by Gasteiger charge is -2.34. The number of hydrogen-bond acceptors (Lipinski definition) is 3. The van der Waals surface area contributed by atoms with Crippen molar-refractivity contribution in [2.45, 2.75) is 44.2 Å². The van der Waals surface area contributed by atoms with Crippen LogP contribution in [0.15, 0.2) is 30.3 Å². The Morgan fingerprint density at radius 3 is 2.38 bits per heavy atom. The number of benzene rings is 1. The maximum absolute atomic E-state index is 12.5. The third-order valence-corrected chi connectivity index (χ3v) is 5.00. The molecule has 2 aliphatic rings. The standard InChI is InChI=1S/C18H26N4O2/c19-14-7-6-13(12-14)17(23)22-10-8-16(9-11-22)21-18(24)20-15-4-2-1-3-5-15/h1-5,13-14,16H,6-12,19H2,(H2,20,21,24). The third-order valence-electron chi connectivity index (χ3n) is 5.00. The van der Waals surface area contributed by atoms with Crippen LogP contribution in [-0.2, 0) is 4.79 Å². The average molecular weight is 330 g/mol. The molecular weight excluding hydrogens is 304 g/mol. The highest BCUT2D eigenvalue weighted by molar-refractivity contribution is 5.89. The van der Waals surface area contributed by atoms with Gasteiger partial charge in [-0.2, -0.15) is 0 Å². The zero-order valence-electron chi connectivity index (χ0n) is 13.9. The van der Waals surface area contributed by atoms with Crippen molar-refractivity contribution in [1.82, 2.24) is 10.2 Å². The van der Waals surface area contributed by atoms with Gasteiger partial charge >= 0.3 is 6.03 Å². The first-order chi connectivity index (χ1) is 11.6. The number of carbonyl (C=O) groups excluding carboxylic acids is 2. The fourth-order valence-electron chi connectivity index (χ4n) is 3.62. The first kappa shape index (κ1) is 16.8. The summed E-state index contributed by atoms with van der Waals surface area (Å²) in [6, 6.07) is 9.49. The maximum atomic E-state index is 12.5. The quantitative estimate of drug-likeness (QED) is 0.791. The highest BCUT2D eigenvalue weighted by Gasteiger charge is 2.32. The summed E-state index contributed by atoms with van der Waals surface area (Å²) >= 11 is 0. The van der Waals surface area contributed by atoms with Gasteiger partial charge in [-0.1, -0.05) is 18.2 Å². The average Bonchev–Trinajstić information content (AvgIpc) is 3.02. The Kier molecular flexibility index (Phi) is 5.35. The summed E-state index contributed by atoms with van der Waals surface area (Å²) in [5.74, 6) is 0.348. The van der Waals surface area contributed by atoms with Gasteiger partial charge in [0.1, 0.15) is 0 Å². The molecule has 6 nitrogen and oxygen atoms in total. The molecule has 4 N–H and O–H groups in total. The Hall–Kier alpha value is -2.08. The first-order valence-electron chi connectivity index (χ1n) is 8.79. The molecule has 1 aliphatic carbocycles. The van der Waals surface area contributed by atoms with Crippen LogP contribution in [0.25, 0.3) is 0 Å². The Balaban J connectivity index is 1.42. The van der Waals surface area contributed by atoms with Crippen molar-refractivity contribution in [2.75, 3.05) is 18.4 Å². The maximum Gasteiger partial charge on any atom is 0.319 e. The summed E-state index contributed by atoms with van der Waals surface area (Å²) in [5, 5.41) is 5.82. The molecule has 1 saturated carbocycles. The van der Waals surface area contributed by atoms with Crippen LogP contribution in [0.5, 0.6) is 0 Å². The van der Waals surface area contributed by atoms with Crippen LogP contribution in [0.3, 0.4) is 0 Å². The molecule has 3 amide bonds. The van der Waals surface area contributed by atoms with E-state index in [4.69, 9.17) is 5.73 Å². The lowest BCUT2D eigenvalue weighted by atomic mass is 10.0. The van der Waals surface area contributed by atoms with Crippen LogP contribution in [0, 0.1) is 5.92 Å². The van der Waals surface area contributed by atoms with Crippen molar-refractivity contribution in [3.05, 3.63) is 30.3 Å². The number of amides is 3. The van der Waals surface area contributed by atoms with Gasteiger partial charge < -0.3 is 21.3 Å². The van der Waals surface area contributed by atoms with E-state index in [1.54, 1.807) is 0 Å². The Morgan fingerprint density at radius 2 is 1.75 bits per heavy atom. The predicted octanol–water partition coefficient (Wildman–Crippen LogP) is 1.93. The van der Waals surface area contributed by atoms with Crippen LogP contribution >= 0.6 is 0 Å². The second-order valence-corrected chi connectivity index (χ2v) is 6.83. The first-order valence-corrected chi connectivity index (χ1v) is 8.79. The summed E-state index contributed by atoms with van der Waals surface area (Å²) in [4.78, 5) is 26.5. The van der Waals surface area contributed by atoms with Crippen LogP contribution in [0.1, 0.15) is 32.1 Å². The van der Waals surface area contributed by atoms with Gasteiger partial charge in [0.15, 0.2) is 0 Å². The minimum Gasteiger partial charge on any atom is -0.342 e. The molecule has 2 atom stereocenters. The fourth-order valence-corrected chi connectivity index (χ4v) is 3.62. The second-order valence-electron chi connectivity index (χ2n) is 6.83. The number of hydrogen-bond donors (Lipinski definition) is 3. The van der Waals surface area contributed by atoms with Crippen molar-refractivity contribution >= 4 is 17.6 Å². The summed E-state index contributed by atoms with van der Waals surface area (Å²) in [6.07, 6.45) is 4.28. The molecule has 1 aromatic carbocycles. The van der Waals surface area contributed by atoms with E-state index in [1.807, 2.05) is 35.2 Å². The molecule has 0 aromatic heterocycles. The Labute approximate surface area is 142 Å². The van der Waals surface area contributed by atoms with Crippen LogP contribution in [-0.4, -0.2) is 42.0 Å². The van der Waals surface area contributed by atoms with Gasteiger partial charge in [0.25, 0.3) is 0 Å². The minimum atomic E-state index is -0.187. The predicted molar refractivity (Wildman–Crippen MR) is 93.5 cm³/mol. The van der Waals surface area contributed by atoms with E-state index in [9.17, 15) is 9.59 Å². The zero-order valence-corrected chi connectivity index (χ0v) is 13.9. The molecule has 1 aromatic rings. The zero-order chi connectivity index (χ0) is 16.9. The highest BCUT2D eigenvalue weighted by Crippen LogP contribution is 2.27.